The van der Waals surface area contributed by atoms with Gasteiger partial charge in [0.1, 0.15) is 0 Å². The van der Waals surface area contributed by atoms with Gasteiger partial charge in [-0.15, -0.1) is 0 Å². The first-order valence-corrected chi connectivity index (χ1v) is 6.22. The summed E-state index contributed by atoms with van der Waals surface area (Å²) in [6, 6.07) is 0. The molecule has 4 heteroatoms. The largest absolute Gasteiger partial charge is 0.282 e. The van der Waals surface area contributed by atoms with Crippen molar-refractivity contribution >= 4 is 23.4 Å². The van der Waals surface area contributed by atoms with Crippen LogP contribution in [0.5, 0.6) is 0 Å². The second kappa shape index (κ2) is 4.58. The molecule has 0 aromatic rings. The highest BCUT2D eigenvalue weighted by atomic mass is 35.5. The first-order valence-electron chi connectivity index (χ1n) is 5.85. The normalized spacial score (nSPS) is 29.4. The predicted octanol–water partition coefficient (Wildman–Crippen LogP) is 2.30. The molecule has 0 saturated carbocycles. The Labute approximate surface area is 100 Å². The lowest BCUT2D eigenvalue weighted by molar-refractivity contribution is -0.139. The van der Waals surface area contributed by atoms with E-state index in [2.05, 4.69) is 6.92 Å². The van der Waals surface area contributed by atoms with Crippen LogP contribution in [-0.2, 0) is 9.59 Å². The fourth-order valence-electron chi connectivity index (χ4n) is 2.43. The van der Waals surface area contributed by atoms with Gasteiger partial charge in [0.25, 0.3) is 0 Å². The van der Waals surface area contributed by atoms with Gasteiger partial charge in [-0.25, -0.2) is 0 Å². The van der Waals surface area contributed by atoms with Crippen LogP contribution in [0.4, 0.5) is 0 Å². The smallest absolute Gasteiger partial charge is 0.233 e. The Kier molecular flexibility index (Phi) is 3.33. The molecule has 1 heterocycles. The summed E-state index contributed by atoms with van der Waals surface area (Å²) in [6.45, 7) is 2.62. The summed E-state index contributed by atoms with van der Waals surface area (Å²) in [6.07, 6.45) is 4.91. The highest BCUT2D eigenvalue weighted by Crippen LogP contribution is 2.38. The Hall–Kier alpha value is -0.830. The molecule has 2 atom stereocenters. The van der Waals surface area contributed by atoms with E-state index in [1.54, 1.807) is 0 Å². The number of hydrogen-bond acceptors (Lipinski definition) is 2. The molecule has 1 aliphatic heterocycles. The number of amides is 2. The average molecular weight is 242 g/mol. The third kappa shape index (κ3) is 1.88. The van der Waals surface area contributed by atoms with Gasteiger partial charge >= 0.3 is 0 Å². The molecule has 0 aromatic carbocycles. The number of carbonyl (C=O) groups excluding carboxylic acids is 2. The van der Waals surface area contributed by atoms with E-state index >= 15 is 0 Å². The monoisotopic (exact) mass is 241 g/mol. The summed E-state index contributed by atoms with van der Waals surface area (Å²) in [7, 11) is 0. The molecule has 88 valence electrons. The molecular weight excluding hydrogens is 226 g/mol. The van der Waals surface area contributed by atoms with Crippen molar-refractivity contribution in [3.8, 4) is 0 Å². The number of carbonyl (C=O) groups is 2. The third-order valence-corrected chi connectivity index (χ3v) is 3.70. The van der Waals surface area contributed by atoms with Crippen LogP contribution < -0.4 is 0 Å². The lowest BCUT2D eigenvalue weighted by Crippen LogP contribution is -2.31. The Balaban J connectivity index is 2.12. The van der Waals surface area contributed by atoms with E-state index in [1.165, 1.54) is 4.90 Å². The molecule has 0 unspecified atom stereocenters. The van der Waals surface area contributed by atoms with Crippen LogP contribution in [0.1, 0.15) is 32.6 Å². The minimum absolute atomic E-state index is 0.00358. The van der Waals surface area contributed by atoms with Gasteiger partial charge in [-0.3, -0.25) is 14.5 Å². The van der Waals surface area contributed by atoms with Crippen molar-refractivity contribution in [3.63, 3.8) is 0 Å². The summed E-state index contributed by atoms with van der Waals surface area (Å²) in [5, 5.41) is 0.722. The molecule has 0 radical (unpaired) electrons. The molecule has 3 nitrogen and oxygen atoms in total. The van der Waals surface area contributed by atoms with Gasteiger partial charge in [0.05, 0.1) is 11.8 Å². The summed E-state index contributed by atoms with van der Waals surface area (Å²) in [5.41, 5.74) is 0. The summed E-state index contributed by atoms with van der Waals surface area (Å²) < 4.78 is 0. The van der Waals surface area contributed by atoms with E-state index in [0.717, 1.165) is 17.9 Å². The number of unbranched alkanes of at least 4 members (excludes halogenated alkanes) is 1. The zero-order valence-electron chi connectivity index (χ0n) is 9.41. The van der Waals surface area contributed by atoms with Gasteiger partial charge in [0, 0.05) is 11.6 Å². The second-order valence-electron chi connectivity index (χ2n) is 4.49. The summed E-state index contributed by atoms with van der Waals surface area (Å²) in [4.78, 5) is 25.4. The average Bonchev–Trinajstić information content (AvgIpc) is 2.50. The van der Waals surface area contributed by atoms with Crippen LogP contribution in [-0.4, -0.2) is 23.3 Å². The molecule has 2 aliphatic rings. The maximum atomic E-state index is 12.0. The molecule has 0 N–H and O–H groups in total. The number of allylic oxidation sites excluding steroid dienone is 2. The van der Waals surface area contributed by atoms with Crippen molar-refractivity contribution in [2.45, 2.75) is 32.6 Å². The molecule has 1 fully saturated rings. The SMILES string of the molecule is CCCCN1C(=O)[C@H]2CC=C(Cl)C[C@H]2C1=O. The zero-order valence-corrected chi connectivity index (χ0v) is 10.2. The van der Waals surface area contributed by atoms with Crippen molar-refractivity contribution in [1.29, 1.82) is 0 Å². The number of likely N-dealkylation sites (tertiary alicyclic amines) is 1. The molecule has 1 saturated heterocycles. The van der Waals surface area contributed by atoms with Crippen molar-refractivity contribution in [2.24, 2.45) is 11.8 Å². The minimum Gasteiger partial charge on any atom is -0.282 e. The molecule has 16 heavy (non-hydrogen) atoms. The standard InChI is InChI=1S/C12H16ClNO2/c1-2-3-6-14-11(15)9-5-4-8(13)7-10(9)12(14)16/h4,9-10H,2-3,5-7H2,1H3/t9-,10+/m0/s1. The van der Waals surface area contributed by atoms with Crippen molar-refractivity contribution in [2.75, 3.05) is 6.54 Å². The summed E-state index contributed by atoms with van der Waals surface area (Å²) in [5.74, 6) is -0.354. The lowest BCUT2D eigenvalue weighted by Gasteiger charge is -2.17. The summed E-state index contributed by atoms with van der Waals surface area (Å²) >= 11 is 5.93. The second-order valence-corrected chi connectivity index (χ2v) is 4.97. The number of fused-ring (bicyclic) bond motifs is 1. The molecule has 2 amide bonds. The van der Waals surface area contributed by atoms with Crippen molar-refractivity contribution < 1.29 is 9.59 Å². The predicted molar refractivity (Wildman–Crippen MR) is 61.8 cm³/mol. The van der Waals surface area contributed by atoms with E-state index in [1.807, 2.05) is 6.08 Å². The highest BCUT2D eigenvalue weighted by molar-refractivity contribution is 6.30. The van der Waals surface area contributed by atoms with Crippen LogP contribution in [0.3, 0.4) is 0 Å². The van der Waals surface area contributed by atoms with E-state index < -0.39 is 0 Å². The number of halogens is 1. The van der Waals surface area contributed by atoms with E-state index in [4.69, 9.17) is 11.6 Å². The Morgan fingerprint density at radius 3 is 2.75 bits per heavy atom. The number of nitrogens with zero attached hydrogens (tertiary/aromatic N) is 1. The first kappa shape index (κ1) is 11.6. The fraction of sp³-hybridized carbons (Fsp3) is 0.667. The minimum atomic E-state index is -0.193. The number of imide groups is 1. The highest BCUT2D eigenvalue weighted by Gasteiger charge is 2.47. The Bertz CT molecular complexity index is 351. The topological polar surface area (TPSA) is 37.4 Å². The van der Waals surface area contributed by atoms with Crippen LogP contribution >= 0.6 is 11.6 Å². The Morgan fingerprint density at radius 2 is 2.06 bits per heavy atom. The molecule has 0 spiro atoms. The van der Waals surface area contributed by atoms with Crippen LogP contribution in [0.2, 0.25) is 0 Å². The first-order chi connectivity index (χ1) is 7.65. The van der Waals surface area contributed by atoms with Gasteiger partial charge in [-0.05, 0) is 19.3 Å². The molecule has 0 aromatic heterocycles. The van der Waals surface area contributed by atoms with Gasteiger partial charge < -0.3 is 0 Å². The van der Waals surface area contributed by atoms with Crippen LogP contribution in [0.15, 0.2) is 11.1 Å². The van der Waals surface area contributed by atoms with Crippen LogP contribution in [0.25, 0.3) is 0 Å². The van der Waals surface area contributed by atoms with Gasteiger partial charge in [-0.2, -0.15) is 0 Å². The van der Waals surface area contributed by atoms with Crippen molar-refractivity contribution in [3.05, 3.63) is 11.1 Å². The molecule has 0 bridgehead atoms. The van der Waals surface area contributed by atoms with Gasteiger partial charge in [-0.1, -0.05) is 31.0 Å². The van der Waals surface area contributed by atoms with Crippen LogP contribution in [0, 0.1) is 11.8 Å². The van der Waals surface area contributed by atoms with Gasteiger partial charge in [0.2, 0.25) is 11.8 Å². The molecular formula is C12H16ClNO2. The van der Waals surface area contributed by atoms with E-state index in [-0.39, 0.29) is 23.7 Å². The third-order valence-electron chi connectivity index (χ3n) is 3.40. The quantitative estimate of drug-likeness (QED) is 0.711. The fourth-order valence-corrected chi connectivity index (χ4v) is 2.69. The van der Waals surface area contributed by atoms with Crippen molar-refractivity contribution in [1.82, 2.24) is 4.90 Å². The number of rotatable bonds is 3. The maximum Gasteiger partial charge on any atom is 0.233 e. The molecule has 1 aliphatic carbocycles. The Morgan fingerprint density at radius 1 is 1.38 bits per heavy atom. The molecule has 2 rings (SSSR count). The lowest BCUT2D eigenvalue weighted by atomic mass is 9.85. The van der Waals surface area contributed by atoms with Gasteiger partial charge in [0.15, 0.2) is 0 Å². The van der Waals surface area contributed by atoms with E-state index in [9.17, 15) is 9.59 Å². The number of hydrogen-bond donors (Lipinski definition) is 0. The zero-order chi connectivity index (χ0) is 11.7. The maximum absolute atomic E-state index is 12.0. The van der Waals surface area contributed by atoms with E-state index in [0.29, 0.717) is 19.4 Å².